The molecule has 0 aliphatic heterocycles. The zero-order valence-electron chi connectivity index (χ0n) is 11.2. The van der Waals surface area contributed by atoms with Crippen molar-refractivity contribution in [3.63, 3.8) is 0 Å². The Morgan fingerprint density at radius 1 is 1.55 bits per heavy atom. The quantitative estimate of drug-likeness (QED) is 0.830. The van der Waals surface area contributed by atoms with Crippen molar-refractivity contribution in [1.29, 1.82) is 0 Å². The summed E-state index contributed by atoms with van der Waals surface area (Å²) >= 11 is 2.88. The van der Waals surface area contributed by atoms with Gasteiger partial charge in [0.2, 0.25) is 0 Å². The lowest BCUT2D eigenvalue weighted by Crippen LogP contribution is -2.10. The molecule has 0 saturated heterocycles. The van der Waals surface area contributed by atoms with Crippen LogP contribution in [0, 0.1) is 5.82 Å². The SMILES string of the molecule is CSC(C)Cn1c(SCC(=O)O)nc2cc(F)ccc21. The summed E-state index contributed by atoms with van der Waals surface area (Å²) in [5.41, 5.74) is 1.39. The first kappa shape index (κ1) is 15.2. The number of fused-ring (bicyclic) bond motifs is 1. The van der Waals surface area contributed by atoms with Gasteiger partial charge in [0, 0.05) is 17.9 Å². The van der Waals surface area contributed by atoms with Crippen molar-refractivity contribution < 1.29 is 14.3 Å². The molecule has 0 amide bonds. The van der Waals surface area contributed by atoms with Crippen LogP contribution in [0.2, 0.25) is 0 Å². The molecule has 0 aliphatic carbocycles. The van der Waals surface area contributed by atoms with Gasteiger partial charge in [0.15, 0.2) is 5.16 Å². The summed E-state index contributed by atoms with van der Waals surface area (Å²) in [6.07, 6.45) is 2.02. The van der Waals surface area contributed by atoms with E-state index >= 15 is 0 Å². The van der Waals surface area contributed by atoms with Gasteiger partial charge in [0.1, 0.15) is 5.82 Å². The third kappa shape index (κ3) is 3.46. The zero-order chi connectivity index (χ0) is 14.7. The number of halogens is 1. The third-order valence-corrected chi connectivity index (χ3v) is 4.76. The molecule has 1 aromatic heterocycles. The van der Waals surface area contributed by atoms with Crippen molar-refractivity contribution in [2.45, 2.75) is 23.9 Å². The molecule has 1 aromatic carbocycles. The maximum atomic E-state index is 13.3. The number of aromatic nitrogens is 2. The third-order valence-electron chi connectivity index (χ3n) is 2.84. The minimum absolute atomic E-state index is 0.0561. The van der Waals surface area contributed by atoms with Crippen molar-refractivity contribution in [3.8, 4) is 0 Å². The molecule has 2 rings (SSSR count). The molecule has 4 nitrogen and oxygen atoms in total. The van der Waals surface area contributed by atoms with Crippen LogP contribution < -0.4 is 0 Å². The molecule has 20 heavy (non-hydrogen) atoms. The monoisotopic (exact) mass is 314 g/mol. The minimum atomic E-state index is -0.891. The van der Waals surface area contributed by atoms with Crippen molar-refractivity contribution in [3.05, 3.63) is 24.0 Å². The predicted octanol–water partition coefficient (Wildman–Crippen LogP) is 3.10. The van der Waals surface area contributed by atoms with E-state index in [2.05, 4.69) is 11.9 Å². The predicted molar refractivity (Wildman–Crippen MR) is 81.0 cm³/mol. The average Bonchev–Trinajstić information content (AvgIpc) is 2.73. The van der Waals surface area contributed by atoms with Crippen LogP contribution in [-0.2, 0) is 11.3 Å². The Labute approximate surface area is 124 Å². The largest absolute Gasteiger partial charge is 0.481 e. The molecule has 0 radical (unpaired) electrons. The number of carboxylic acids is 1. The van der Waals surface area contributed by atoms with Crippen LogP contribution in [0.3, 0.4) is 0 Å². The van der Waals surface area contributed by atoms with E-state index in [1.54, 1.807) is 17.8 Å². The van der Waals surface area contributed by atoms with E-state index in [4.69, 9.17) is 5.11 Å². The summed E-state index contributed by atoms with van der Waals surface area (Å²) in [6, 6.07) is 4.46. The number of carboxylic acid groups (broad SMARTS) is 1. The van der Waals surface area contributed by atoms with Gasteiger partial charge in [-0.3, -0.25) is 4.79 Å². The molecular weight excluding hydrogens is 299 g/mol. The molecule has 1 atom stereocenters. The number of benzene rings is 1. The molecular formula is C13H15FN2O2S2. The van der Waals surface area contributed by atoms with Crippen molar-refractivity contribution >= 4 is 40.5 Å². The van der Waals surface area contributed by atoms with Gasteiger partial charge in [0.25, 0.3) is 0 Å². The second kappa shape index (κ2) is 6.49. The van der Waals surface area contributed by atoms with Crippen LogP contribution in [0.15, 0.2) is 23.4 Å². The molecule has 1 unspecified atom stereocenters. The highest BCUT2D eigenvalue weighted by Gasteiger charge is 2.15. The molecule has 7 heteroatoms. The maximum Gasteiger partial charge on any atom is 0.313 e. The molecule has 2 aromatic rings. The number of carbonyl (C=O) groups is 1. The van der Waals surface area contributed by atoms with E-state index in [0.717, 1.165) is 17.3 Å². The highest BCUT2D eigenvalue weighted by molar-refractivity contribution is 7.99. The Kier molecular flexibility index (Phi) is 4.93. The number of rotatable bonds is 6. The van der Waals surface area contributed by atoms with Crippen LogP contribution in [0.5, 0.6) is 0 Å². The van der Waals surface area contributed by atoms with Gasteiger partial charge in [-0.15, -0.1) is 0 Å². The number of nitrogens with zero attached hydrogens (tertiary/aromatic N) is 2. The number of aliphatic carboxylic acids is 1. The first-order chi connectivity index (χ1) is 9.51. The van der Waals surface area contributed by atoms with Crippen LogP contribution in [-0.4, -0.2) is 37.9 Å². The van der Waals surface area contributed by atoms with Gasteiger partial charge in [-0.25, -0.2) is 9.37 Å². The van der Waals surface area contributed by atoms with Crippen LogP contribution in [0.25, 0.3) is 11.0 Å². The highest BCUT2D eigenvalue weighted by atomic mass is 32.2. The summed E-state index contributed by atoms with van der Waals surface area (Å²) in [4.78, 5) is 15.1. The van der Waals surface area contributed by atoms with Gasteiger partial charge in [0.05, 0.1) is 16.8 Å². The average molecular weight is 314 g/mol. The molecule has 1 heterocycles. The number of thioether (sulfide) groups is 2. The van der Waals surface area contributed by atoms with Crippen molar-refractivity contribution in [2.24, 2.45) is 0 Å². The Bertz CT molecular complexity index is 630. The Balaban J connectivity index is 2.41. The minimum Gasteiger partial charge on any atom is -0.481 e. The van der Waals surface area contributed by atoms with E-state index in [-0.39, 0.29) is 11.6 Å². The number of hydrogen-bond donors (Lipinski definition) is 1. The van der Waals surface area contributed by atoms with Gasteiger partial charge in [-0.1, -0.05) is 18.7 Å². The Hall–Kier alpha value is -1.21. The fourth-order valence-corrected chi connectivity index (χ4v) is 2.87. The smallest absolute Gasteiger partial charge is 0.313 e. The van der Waals surface area contributed by atoms with Crippen LogP contribution in [0.1, 0.15) is 6.92 Å². The lowest BCUT2D eigenvalue weighted by molar-refractivity contribution is -0.133. The molecule has 108 valence electrons. The molecule has 1 N–H and O–H groups in total. The summed E-state index contributed by atoms with van der Waals surface area (Å²) in [7, 11) is 0. The lowest BCUT2D eigenvalue weighted by Gasteiger charge is -2.12. The van der Waals surface area contributed by atoms with Gasteiger partial charge in [-0.05, 0) is 18.4 Å². The standard InChI is InChI=1S/C13H15FN2O2S2/c1-8(19-2)6-16-11-4-3-9(14)5-10(11)15-13(16)20-7-12(17)18/h3-5,8H,6-7H2,1-2H3,(H,17,18). The van der Waals surface area contributed by atoms with Crippen LogP contribution >= 0.6 is 23.5 Å². The maximum absolute atomic E-state index is 13.3. The van der Waals surface area contributed by atoms with Crippen molar-refractivity contribution in [2.75, 3.05) is 12.0 Å². The van der Waals surface area contributed by atoms with Gasteiger partial charge < -0.3 is 9.67 Å². The molecule has 0 fully saturated rings. The van der Waals surface area contributed by atoms with Gasteiger partial charge in [-0.2, -0.15) is 11.8 Å². The summed E-state index contributed by atoms with van der Waals surface area (Å²) < 4.78 is 15.2. The Morgan fingerprint density at radius 2 is 2.30 bits per heavy atom. The molecule has 0 bridgehead atoms. The summed E-state index contributed by atoms with van der Waals surface area (Å²) in [5.74, 6) is -1.29. The number of hydrogen-bond acceptors (Lipinski definition) is 4. The number of imidazole rings is 1. The molecule has 0 aliphatic rings. The first-order valence-corrected chi connectivity index (χ1v) is 8.31. The second-order valence-corrected chi connectivity index (χ2v) is 6.59. The fourth-order valence-electron chi connectivity index (χ4n) is 1.83. The van der Waals surface area contributed by atoms with Gasteiger partial charge >= 0.3 is 5.97 Å². The second-order valence-electron chi connectivity index (χ2n) is 4.37. The first-order valence-electron chi connectivity index (χ1n) is 6.04. The van der Waals surface area contributed by atoms with E-state index in [9.17, 15) is 9.18 Å². The van der Waals surface area contributed by atoms with E-state index in [1.165, 1.54) is 12.1 Å². The van der Waals surface area contributed by atoms with Crippen molar-refractivity contribution in [1.82, 2.24) is 9.55 Å². The normalized spacial score (nSPS) is 12.8. The molecule has 0 saturated carbocycles. The Morgan fingerprint density at radius 3 is 2.95 bits per heavy atom. The topological polar surface area (TPSA) is 55.1 Å². The molecule has 0 spiro atoms. The van der Waals surface area contributed by atoms with E-state index in [1.807, 2.05) is 10.8 Å². The zero-order valence-corrected chi connectivity index (χ0v) is 12.8. The lowest BCUT2D eigenvalue weighted by atomic mass is 10.3. The fraction of sp³-hybridized carbons (Fsp3) is 0.385. The highest BCUT2D eigenvalue weighted by Crippen LogP contribution is 2.26. The van der Waals surface area contributed by atoms with E-state index in [0.29, 0.717) is 22.5 Å². The van der Waals surface area contributed by atoms with Crippen LogP contribution in [0.4, 0.5) is 4.39 Å². The van der Waals surface area contributed by atoms with E-state index < -0.39 is 5.97 Å². The summed E-state index contributed by atoms with van der Waals surface area (Å²) in [6.45, 7) is 2.80. The summed E-state index contributed by atoms with van der Waals surface area (Å²) in [5, 5.41) is 9.77.